The van der Waals surface area contributed by atoms with Crippen LogP contribution in [0.2, 0.25) is 5.02 Å². The van der Waals surface area contributed by atoms with Crippen LogP contribution in [0.5, 0.6) is 11.5 Å². The number of carbonyl (C=O) groups excluding carboxylic acids is 4. The van der Waals surface area contributed by atoms with Crippen LogP contribution in [0.15, 0.2) is 84.4 Å². The van der Waals surface area contributed by atoms with Crippen molar-refractivity contribution in [2.75, 3.05) is 4.90 Å². The largest absolute Gasteiger partial charge is 0.508 e. The highest BCUT2D eigenvalue weighted by Crippen LogP contribution is 2.64. The number of aryl methyl sites for hydroxylation is 2. The Hall–Kier alpha value is -5.26. The first-order valence-corrected chi connectivity index (χ1v) is 18.8. The van der Waals surface area contributed by atoms with E-state index < -0.39 is 46.8 Å². The van der Waals surface area contributed by atoms with Crippen molar-refractivity contribution in [2.24, 2.45) is 36.1 Å². The second-order valence-electron chi connectivity index (χ2n) is 14.7. The molecule has 4 amide bonds. The van der Waals surface area contributed by atoms with E-state index in [1.165, 1.54) is 11.0 Å². The van der Waals surface area contributed by atoms with Gasteiger partial charge >= 0.3 is 0 Å². The molecule has 6 atom stereocenters. The monoisotopic (exact) mass is 746 g/mol. The summed E-state index contributed by atoms with van der Waals surface area (Å²) in [6.45, 7) is 4.09. The zero-order valence-electron chi connectivity index (χ0n) is 29.1. The summed E-state index contributed by atoms with van der Waals surface area (Å²) in [6.07, 6.45) is 2.48. The van der Waals surface area contributed by atoms with Crippen molar-refractivity contribution in [1.29, 1.82) is 0 Å². The van der Waals surface area contributed by atoms with Crippen LogP contribution in [0, 0.1) is 36.0 Å². The summed E-state index contributed by atoms with van der Waals surface area (Å²) in [5, 5.41) is 20.6. The number of hydrogen-bond donors (Lipinski definition) is 2. The third kappa shape index (κ3) is 5.00. The van der Waals surface area contributed by atoms with Crippen LogP contribution in [-0.4, -0.2) is 38.5 Å². The van der Waals surface area contributed by atoms with Gasteiger partial charge in [-0.2, -0.15) is 5.10 Å². The standard InChI is InChI=1S/C41H35ClN4O6S/c1-20-27-15-22(42)9-14-32(27)53-36(20)30-18-33(45(3)44-30)46-39(50)29-17-28-24(12-13-26-34(28)38(49)43-37(26)48)35(41(29,2)40(46)51)25-11-10-23(16-31(25)47)52-19-21-7-5-4-6-8-21/h4-12,14-16,18,26,28-29,34-35,47H,13,17,19H2,1-3H3,(H,43,48,49). The number of rotatable bonds is 6. The molecular formula is C41H35ClN4O6S. The van der Waals surface area contributed by atoms with E-state index >= 15 is 4.79 Å². The normalized spacial score (nSPS) is 26.4. The Morgan fingerprint density at radius 3 is 2.58 bits per heavy atom. The third-order valence-corrected chi connectivity index (χ3v) is 13.4. The van der Waals surface area contributed by atoms with Crippen LogP contribution in [0.1, 0.15) is 42.4 Å². The van der Waals surface area contributed by atoms with Crippen LogP contribution >= 0.6 is 22.9 Å². The number of thiophene rings is 1. The second kappa shape index (κ2) is 12.1. The lowest BCUT2D eigenvalue weighted by Crippen LogP contribution is -2.48. The summed E-state index contributed by atoms with van der Waals surface area (Å²) >= 11 is 7.87. The molecular weight excluding hydrogens is 712 g/mol. The van der Waals surface area contributed by atoms with Gasteiger partial charge in [0.25, 0.3) is 0 Å². The van der Waals surface area contributed by atoms with E-state index in [1.54, 1.807) is 48.2 Å². The number of aromatic nitrogens is 2. The lowest BCUT2D eigenvalue weighted by molar-refractivity contribution is -0.131. The van der Waals surface area contributed by atoms with Gasteiger partial charge < -0.3 is 9.84 Å². The summed E-state index contributed by atoms with van der Waals surface area (Å²) in [5.41, 5.74) is 2.50. The maximum Gasteiger partial charge on any atom is 0.242 e. The summed E-state index contributed by atoms with van der Waals surface area (Å²) in [4.78, 5) is 58.1. The minimum Gasteiger partial charge on any atom is -0.508 e. The summed E-state index contributed by atoms with van der Waals surface area (Å²) < 4.78 is 8.61. The van der Waals surface area contributed by atoms with E-state index in [0.29, 0.717) is 40.9 Å². The molecule has 2 aromatic heterocycles. The number of amides is 4. The fraction of sp³-hybridized carbons (Fsp3) is 0.293. The molecule has 2 N–H and O–H groups in total. The van der Waals surface area contributed by atoms with Crippen LogP contribution in [0.25, 0.3) is 20.7 Å². The quantitative estimate of drug-likeness (QED) is 0.141. The molecule has 4 heterocycles. The number of halogens is 1. The lowest BCUT2D eigenvalue weighted by Gasteiger charge is -2.49. The molecule has 9 rings (SSSR count). The topological polar surface area (TPSA) is 131 Å². The van der Waals surface area contributed by atoms with Crippen LogP contribution in [-0.2, 0) is 32.8 Å². The number of benzene rings is 3. The van der Waals surface area contributed by atoms with Crippen LogP contribution in [0.3, 0.4) is 0 Å². The van der Waals surface area contributed by atoms with Gasteiger partial charge in [-0.1, -0.05) is 59.6 Å². The first-order chi connectivity index (χ1) is 25.4. The Labute approximate surface area is 314 Å². The number of fused-ring (bicyclic) bond motifs is 5. The van der Waals surface area contributed by atoms with E-state index in [0.717, 1.165) is 31.7 Å². The van der Waals surface area contributed by atoms with Crippen molar-refractivity contribution in [3.63, 3.8) is 0 Å². The van der Waals surface area contributed by atoms with Gasteiger partial charge in [0.2, 0.25) is 23.6 Å². The zero-order chi connectivity index (χ0) is 36.9. The molecule has 3 fully saturated rings. The number of phenols is 1. The van der Waals surface area contributed by atoms with Gasteiger partial charge in [0.1, 0.15) is 29.6 Å². The fourth-order valence-corrected chi connectivity index (χ4v) is 10.6. The summed E-state index contributed by atoms with van der Waals surface area (Å²) in [5.74, 6) is -4.11. The van der Waals surface area contributed by atoms with Crippen molar-refractivity contribution < 1.29 is 29.0 Å². The molecule has 5 aromatic rings. The molecule has 268 valence electrons. The lowest BCUT2D eigenvalue weighted by atomic mass is 9.51. The average molecular weight is 747 g/mol. The minimum atomic E-state index is -1.33. The number of hydrogen-bond acceptors (Lipinski definition) is 8. The average Bonchev–Trinajstić information content (AvgIpc) is 3.83. The van der Waals surface area contributed by atoms with Crippen molar-refractivity contribution in [1.82, 2.24) is 15.1 Å². The number of nitrogens with zero attached hydrogens (tertiary/aromatic N) is 3. The van der Waals surface area contributed by atoms with Crippen molar-refractivity contribution in [3.05, 3.63) is 106 Å². The highest BCUT2D eigenvalue weighted by molar-refractivity contribution is 7.22. The Kier molecular flexibility index (Phi) is 7.69. The Morgan fingerprint density at radius 1 is 1.02 bits per heavy atom. The summed E-state index contributed by atoms with van der Waals surface area (Å²) in [6, 6.07) is 22.2. The molecule has 4 aliphatic rings. The molecule has 1 saturated carbocycles. The predicted octanol–water partition coefficient (Wildman–Crippen LogP) is 7.07. The molecule has 12 heteroatoms. The highest BCUT2D eigenvalue weighted by Gasteiger charge is 2.67. The van der Waals surface area contributed by atoms with Crippen molar-refractivity contribution in [2.45, 2.75) is 39.2 Å². The van der Waals surface area contributed by atoms with Gasteiger partial charge in [-0.25, -0.2) is 4.90 Å². The minimum absolute atomic E-state index is 0.0852. The number of nitrogens with one attached hydrogen (secondary N) is 1. The van der Waals surface area contributed by atoms with Crippen molar-refractivity contribution >= 4 is 62.5 Å². The Bertz CT molecular complexity index is 2440. The second-order valence-corrected chi connectivity index (χ2v) is 16.2. The number of allylic oxidation sites excluding steroid dienone is 2. The highest BCUT2D eigenvalue weighted by atomic mass is 35.5. The molecule has 0 radical (unpaired) electrons. The first kappa shape index (κ1) is 33.6. The smallest absolute Gasteiger partial charge is 0.242 e. The molecule has 2 saturated heterocycles. The predicted molar refractivity (Wildman–Crippen MR) is 200 cm³/mol. The van der Waals surface area contributed by atoms with E-state index in [4.69, 9.17) is 21.4 Å². The number of aromatic hydroxyl groups is 1. The third-order valence-electron chi connectivity index (χ3n) is 11.9. The van der Waals surface area contributed by atoms with Gasteiger partial charge in [0.15, 0.2) is 0 Å². The molecule has 3 aromatic carbocycles. The molecule has 0 bridgehead atoms. The van der Waals surface area contributed by atoms with Crippen LogP contribution in [0.4, 0.5) is 5.82 Å². The number of phenolic OH excluding ortho intramolecular Hbond substituents is 1. The zero-order valence-corrected chi connectivity index (χ0v) is 30.7. The van der Waals surface area contributed by atoms with Gasteiger partial charge in [-0.05, 0) is 73.4 Å². The molecule has 2 aliphatic carbocycles. The van der Waals surface area contributed by atoms with Gasteiger partial charge in [0, 0.05) is 40.4 Å². The maximum atomic E-state index is 15.0. The van der Waals surface area contributed by atoms with Gasteiger partial charge in [-0.3, -0.25) is 29.2 Å². The van der Waals surface area contributed by atoms with Crippen molar-refractivity contribution in [3.8, 4) is 22.1 Å². The molecule has 0 spiro atoms. The summed E-state index contributed by atoms with van der Waals surface area (Å²) in [7, 11) is 1.71. The number of anilines is 1. The number of imide groups is 2. The first-order valence-electron chi connectivity index (χ1n) is 17.6. The molecule has 6 unspecified atom stereocenters. The Balaban J connectivity index is 1.13. The molecule has 2 aliphatic heterocycles. The van der Waals surface area contributed by atoms with E-state index in [9.17, 15) is 19.5 Å². The van der Waals surface area contributed by atoms with Gasteiger partial charge in [-0.15, -0.1) is 11.3 Å². The molecule has 10 nitrogen and oxygen atoms in total. The van der Waals surface area contributed by atoms with Crippen LogP contribution < -0.4 is 15.0 Å². The fourth-order valence-electron chi connectivity index (χ4n) is 9.30. The van der Waals surface area contributed by atoms with E-state index in [-0.39, 0.29) is 24.0 Å². The number of ether oxygens (including phenoxy) is 1. The van der Waals surface area contributed by atoms with E-state index in [1.807, 2.05) is 61.5 Å². The van der Waals surface area contributed by atoms with Gasteiger partial charge in [0.05, 0.1) is 28.0 Å². The SMILES string of the molecule is Cc1c(-c2cc(N3C(=O)C4CC5C(=CCC6C(=O)NC(=O)C65)C(c5ccc(OCc6ccccc6)cc5O)C4(C)C3=O)n(C)n2)sc2ccc(Cl)cc12. The maximum absolute atomic E-state index is 15.0. The van der Waals surface area contributed by atoms with E-state index in [2.05, 4.69) is 5.32 Å². The Morgan fingerprint density at radius 2 is 1.81 bits per heavy atom. The molecule has 53 heavy (non-hydrogen) atoms. The number of carbonyl (C=O) groups is 4.